The van der Waals surface area contributed by atoms with Crippen LogP contribution in [0.1, 0.15) is 5.56 Å². The van der Waals surface area contributed by atoms with Gasteiger partial charge in [0.05, 0.1) is 24.4 Å². The second kappa shape index (κ2) is 6.29. The average molecular weight is 280 g/mol. The third-order valence-corrected chi connectivity index (χ3v) is 2.63. The molecule has 106 valence electrons. The van der Waals surface area contributed by atoms with E-state index < -0.39 is 5.82 Å². The Balaban J connectivity index is 2.12. The number of hydrogen-bond acceptors (Lipinski definition) is 6. The van der Waals surface area contributed by atoms with Gasteiger partial charge in [-0.25, -0.2) is 9.45 Å². The number of nitrogens with zero attached hydrogens (tertiary/aromatic N) is 4. The van der Waals surface area contributed by atoms with Gasteiger partial charge in [-0.1, -0.05) is 5.23 Å². The van der Waals surface area contributed by atoms with Crippen molar-refractivity contribution in [1.29, 1.82) is 5.26 Å². The smallest absolute Gasteiger partial charge is 0.179 e. The van der Waals surface area contributed by atoms with Crippen molar-refractivity contribution in [2.45, 2.75) is 0 Å². The van der Waals surface area contributed by atoms with E-state index in [1.807, 2.05) is 0 Å². The van der Waals surface area contributed by atoms with E-state index in [9.17, 15) is 9.60 Å². The summed E-state index contributed by atoms with van der Waals surface area (Å²) < 4.78 is 18.1. The molecule has 0 spiro atoms. The molecule has 0 radical (unpaired) electrons. The molecule has 8 heteroatoms. The van der Waals surface area contributed by atoms with Gasteiger partial charge in [-0.2, -0.15) is 5.26 Å². The molecule has 0 unspecified atom stereocenters. The van der Waals surface area contributed by atoms with E-state index in [-0.39, 0.29) is 12.1 Å². The molecule has 1 saturated heterocycles. The van der Waals surface area contributed by atoms with Crippen LogP contribution in [-0.4, -0.2) is 43.1 Å². The lowest BCUT2D eigenvalue weighted by Crippen LogP contribution is -2.21. The highest BCUT2D eigenvalue weighted by Crippen LogP contribution is 2.22. The van der Waals surface area contributed by atoms with Crippen LogP contribution < -0.4 is 5.06 Å². The number of hydrogen-bond donors (Lipinski definition) is 1. The summed E-state index contributed by atoms with van der Waals surface area (Å²) in [6, 6.07) is 5.69. The Morgan fingerprint density at radius 3 is 3.10 bits per heavy atom. The first-order chi connectivity index (χ1) is 9.65. The first kappa shape index (κ1) is 14.2. The van der Waals surface area contributed by atoms with Crippen LogP contribution in [-0.2, 0) is 9.68 Å². The summed E-state index contributed by atoms with van der Waals surface area (Å²) in [5.74, 6) is -0.310. The highest BCUT2D eigenvalue weighted by molar-refractivity contribution is 5.86. The molecule has 0 aromatic heterocycles. The zero-order valence-corrected chi connectivity index (χ0v) is 10.8. The van der Waals surface area contributed by atoms with Crippen molar-refractivity contribution in [3.05, 3.63) is 29.6 Å². The summed E-state index contributed by atoms with van der Waals surface area (Å²) in [4.78, 5) is 9.14. The van der Waals surface area contributed by atoms with Crippen LogP contribution >= 0.6 is 0 Å². The van der Waals surface area contributed by atoms with Crippen LogP contribution in [0.2, 0.25) is 0 Å². The third-order valence-electron chi connectivity index (χ3n) is 2.63. The molecule has 1 fully saturated rings. The van der Waals surface area contributed by atoms with Gasteiger partial charge in [-0.05, 0) is 18.2 Å². The number of methoxy groups -OCH3 is 1. The van der Waals surface area contributed by atoms with Crippen molar-refractivity contribution < 1.29 is 19.3 Å². The summed E-state index contributed by atoms with van der Waals surface area (Å²) in [5, 5.41) is 20.2. The highest BCUT2D eigenvalue weighted by atomic mass is 19.1. The van der Waals surface area contributed by atoms with Gasteiger partial charge < -0.3 is 4.74 Å². The molecule has 1 aliphatic rings. The molecule has 0 saturated carbocycles. The van der Waals surface area contributed by atoms with Gasteiger partial charge in [0, 0.05) is 7.11 Å². The number of aliphatic imine (C=N–C) groups is 1. The van der Waals surface area contributed by atoms with E-state index in [0.717, 1.165) is 0 Å². The van der Waals surface area contributed by atoms with Crippen LogP contribution in [0.15, 0.2) is 23.2 Å². The van der Waals surface area contributed by atoms with Crippen LogP contribution in [0, 0.1) is 17.1 Å². The number of benzene rings is 1. The predicted molar refractivity (Wildman–Crippen MR) is 67.3 cm³/mol. The Morgan fingerprint density at radius 1 is 1.60 bits per heavy atom. The molecule has 1 heterocycles. The van der Waals surface area contributed by atoms with Crippen molar-refractivity contribution in [2.75, 3.05) is 31.9 Å². The Kier molecular flexibility index (Phi) is 4.47. The summed E-state index contributed by atoms with van der Waals surface area (Å²) in [5.41, 5.74) is 0.347. The Hall–Kier alpha value is -2.21. The molecule has 7 nitrogen and oxygen atoms in total. The van der Waals surface area contributed by atoms with Crippen LogP contribution in [0.25, 0.3) is 0 Å². The fourth-order valence-electron chi connectivity index (χ4n) is 1.63. The van der Waals surface area contributed by atoms with E-state index in [1.165, 1.54) is 23.3 Å². The molecule has 0 atom stereocenters. The molecule has 1 N–H and O–H groups in total. The average Bonchev–Trinajstić information content (AvgIpc) is 2.81. The zero-order chi connectivity index (χ0) is 14.5. The fraction of sp³-hybridized carbons (Fsp3) is 0.333. The molecule has 0 amide bonds. The van der Waals surface area contributed by atoms with E-state index in [1.54, 1.807) is 13.2 Å². The van der Waals surface area contributed by atoms with Crippen molar-refractivity contribution in [3.63, 3.8) is 0 Å². The Labute approximate surface area is 114 Å². The summed E-state index contributed by atoms with van der Waals surface area (Å²) in [7, 11) is 1.55. The third kappa shape index (κ3) is 3.03. The SMILES string of the molecule is COCCN=C1CN(c2ccc(F)c(C#N)c2)ON1O. The highest BCUT2D eigenvalue weighted by Gasteiger charge is 2.27. The predicted octanol–water partition coefficient (Wildman–Crippen LogP) is 1.10. The molecule has 0 aliphatic carbocycles. The number of ether oxygens (including phenoxy) is 1. The normalized spacial score (nSPS) is 16.8. The molecule has 20 heavy (non-hydrogen) atoms. The standard InChI is InChI=1S/C12H13FN4O3/c1-19-5-4-15-12-8-16(20-17(12)18)10-2-3-11(13)9(6-10)7-14/h2-3,6,18H,4-5,8H2,1H3. The first-order valence-electron chi connectivity index (χ1n) is 5.82. The molecule has 0 bridgehead atoms. The second-order valence-corrected chi connectivity index (χ2v) is 3.96. The zero-order valence-electron chi connectivity index (χ0n) is 10.8. The summed E-state index contributed by atoms with van der Waals surface area (Å²) >= 11 is 0. The van der Waals surface area contributed by atoms with Gasteiger partial charge in [0.2, 0.25) is 0 Å². The lowest BCUT2D eigenvalue weighted by molar-refractivity contribution is -0.273. The van der Waals surface area contributed by atoms with Crippen molar-refractivity contribution in [3.8, 4) is 6.07 Å². The topological polar surface area (TPSA) is 81.3 Å². The summed E-state index contributed by atoms with van der Waals surface area (Å²) in [6.07, 6.45) is 0. The van der Waals surface area contributed by atoms with Gasteiger partial charge in [0.1, 0.15) is 18.4 Å². The minimum Gasteiger partial charge on any atom is -0.383 e. The van der Waals surface area contributed by atoms with Crippen LogP contribution in [0.3, 0.4) is 0 Å². The lowest BCUT2D eigenvalue weighted by Gasteiger charge is -2.14. The fourth-order valence-corrected chi connectivity index (χ4v) is 1.63. The number of nitriles is 1. The monoisotopic (exact) mass is 280 g/mol. The Morgan fingerprint density at radius 2 is 2.40 bits per heavy atom. The van der Waals surface area contributed by atoms with Gasteiger partial charge in [0.15, 0.2) is 5.84 Å². The quantitative estimate of drug-likeness (QED) is 0.832. The maximum absolute atomic E-state index is 13.2. The number of rotatable bonds is 4. The number of anilines is 1. The molecule has 1 aromatic carbocycles. The lowest BCUT2D eigenvalue weighted by atomic mass is 10.2. The minimum atomic E-state index is -0.606. The first-order valence-corrected chi connectivity index (χ1v) is 5.82. The van der Waals surface area contributed by atoms with E-state index in [4.69, 9.17) is 14.9 Å². The van der Waals surface area contributed by atoms with Gasteiger partial charge in [-0.3, -0.25) is 10.2 Å². The molecule has 2 rings (SSSR count). The maximum atomic E-state index is 13.2. The minimum absolute atomic E-state index is 0.0969. The molecule has 1 aliphatic heterocycles. The molecule has 1 aromatic rings. The largest absolute Gasteiger partial charge is 0.383 e. The second-order valence-electron chi connectivity index (χ2n) is 3.96. The van der Waals surface area contributed by atoms with E-state index >= 15 is 0 Å². The van der Waals surface area contributed by atoms with E-state index in [2.05, 4.69) is 4.99 Å². The van der Waals surface area contributed by atoms with Gasteiger partial charge >= 0.3 is 0 Å². The number of hydroxylamine groups is 3. The van der Waals surface area contributed by atoms with Gasteiger partial charge in [0.25, 0.3) is 0 Å². The number of halogens is 1. The molecular formula is C12H13FN4O3. The maximum Gasteiger partial charge on any atom is 0.179 e. The van der Waals surface area contributed by atoms with Crippen molar-refractivity contribution in [2.24, 2.45) is 4.99 Å². The van der Waals surface area contributed by atoms with E-state index in [0.29, 0.717) is 29.9 Å². The molecular weight excluding hydrogens is 267 g/mol. The number of amidine groups is 1. The van der Waals surface area contributed by atoms with Crippen LogP contribution in [0.4, 0.5) is 10.1 Å². The van der Waals surface area contributed by atoms with Crippen molar-refractivity contribution >= 4 is 11.5 Å². The Bertz CT molecular complexity index is 558. The summed E-state index contributed by atoms with van der Waals surface area (Å²) in [6.45, 7) is 0.982. The van der Waals surface area contributed by atoms with Gasteiger partial charge in [-0.15, -0.1) is 4.94 Å². The van der Waals surface area contributed by atoms with Crippen molar-refractivity contribution in [1.82, 2.24) is 5.23 Å². The van der Waals surface area contributed by atoms with Crippen LogP contribution in [0.5, 0.6) is 0 Å².